The molecule has 3 rings (SSSR count). The number of aryl methyl sites for hydroxylation is 2. The third-order valence-corrected chi connectivity index (χ3v) is 7.16. The summed E-state index contributed by atoms with van der Waals surface area (Å²) in [4.78, 5) is 8.45. The summed E-state index contributed by atoms with van der Waals surface area (Å²) in [6.07, 6.45) is 2.25. The predicted molar refractivity (Wildman–Crippen MR) is 94.1 cm³/mol. The second-order valence-corrected chi connectivity index (χ2v) is 9.15. The maximum atomic E-state index is 8.49. The Morgan fingerprint density at radius 2 is 1.16 bits per heavy atom. The van der Waals surface area contributed by atoms with Gasteiger partial charge in [0.05, 0.1) is 9.75 Å². The molecule has 0 saturated heterocycles. The van der Waals surface area contributed by atoms with Gasteiger partial charge in [0.1, 0.15) is 0 Å². The highest BCUT2D eigenvalue weighted by atomic mass is 35.7. The Bertz CT molecular complexity index is 745. The zero-order valence-corrected chi connectivity index (χ0v) is 16.9. The Balaban J connectivity index is 0.000000399. The lowest BCUT2D eigenvalue weighted by atomic mass is 10.3. The highest BCUT2D eigenvalue weighted by Gasteiger charge is 2.18. The molecule has 25 heavy (non-hydrogen) atoms. The Morgan fingerprint density at radius 1 is 0.760 bits per heavy atom. The summed E-state index contributed by atoms with van der Waals surface area (Å²) in [7, 11) is -4.94. The van der Waals surface area contributed by atoms with Crippen molar-refractivity contribution in [2.45, 2.75) is 26.7 Å². The third-order valence-electron chi connectivity index (χ3n) is 3.22. The fourth-order valence-electron chi connectivity index (χ4n) is 2.07. The van der Waals surface area contributed by atoms with Crippen molar-refractivity contribution >= 4 is 34.0 Å². The van der Waals surface area contributed by atoms with Gasteiger partial charge in [0.15, 0.2) is 0 Å². The van der Waals surface area contributed by atoms with E-state index in [4.69, 9.17) is 18.6 Å². The van der Waals surface area contributed by atoms with Crippen LogP contribution in [0.1, 0.15) is 23.6 Å². The van der Waals surface area contributed by atoms with Crippen LogP contribution < -0.4 is 18.6 Å². The summed E-state index contributed by atoms with van der Waals surface area (Å²) in [5.41, 5.74) is 0. The summed E-state index contributed by atoms with van der Waals surface area (Å²) >= 11 is 5.72. The minimum atomic E-state index is -4.94. The second kappa shape index (κ2) is 9.16. The van der Waals surface area contributed by atoms with Crippen LogP contribution in [0.4, 0.5) is 0 Å². The number of hydrogen-bond donors (Lipinski definition) is 0. The van der Waals surface area contributed by atoms with Gasteiger partial charge < -0.3 is 0 Å². The Kier molecular flexibility index (Phi) is 7.48. The summed E-state index contributed by atoms with van der Waals surface area (Å²) in [6.45, 7) is 4.43. The van der Waals surface area contributed by atoms with E-state index in [0.29, 0.717) is 0 Å². The first kappa shape index (κ1) is 20.4. The molecule has 0 aliphatic heterocycles. The minimum absolute atomic E-state index is 1.12. The monoisotopic (exact) mass is 416 g/mol. The molecule has 0 atom stereocenters. The molecule has 0 unspecified atom stereocenters. The first-order valence-electron chi connectivity index (χ1n) is 7.53. The molecule has 0 N–H and O–H groups in total. The van der Waals surface area contributed by atoms with E-state index in [2.05, 4.69) is 56.3 Å². The van der Waals surface area contributed by atoms with Crippen molar-refractivity contribution in [1.82, 2.24) is 0 Å². The molecular formula is C17H17ClO4S3. The van der Waals surface area contributed by atoms with Crippen molar-refractivity contribution in [3.63, 3.8) is 0 Å². The summed E-state index contributed by atoms with van der Waals surface area (Å²) in [5.74, 6) is 0. The fourth-order valence-corrected chi connectivity index (χ4v) is 5.18. The molecule has 8 heteroatoms. The third kappa shape index (κ3) is 6.73. The van der Waals surface area contributed by atoms with Gasteiger partial charge in [-0.3, -0.25) is 0 Å². The minimum Gasteiger partial charge on any atom is -0.222 e. The molecule has 3 aromatic heterocycles. The average molecular weight is 417 g/mol. The largest absolute Gasteiger partial charge is 0.248 e. The first-order valence-corrected chi connectivity index (χ1v) is 11.2. The van der Waals surface area contributed by atoms with Crippen LogP contribution in [0.2, 0.25) is 0 Å². The predicted octanol–water partition coefficient (Wildman–Crippen LogP) is 1.85. The number of thiophene rings is 2. The van der Waals surface area contributed by atoms with Crippen LogP contribution >= 0.6 is 34.0 Å². The van der Waals surface area contributed by atoms with Crippen LogP contribution in [0.5, 0.6) is 0 Å². The molecule has 3 aromatic rings. The zero-order chi connectivity index (χ0) is 18.4. The lowest BCUT2D eigenvalue weighted by molar-refractivity contribution is -2.00. The molecule has 0 saturated carbocycles. The lowest BCUT2D eigenvalue weighted by Crippen LogP contribution is -2.68. The van der Waals surface area contributed by atoms with E-state index in [1.165, 1.54) is 29.3 Å². The van der Waals surface area contributed by atoms with E-state index < -0.39 is 10.2 Å². The highest BCUT2D eigenvalue weighted by Crippen LogP contribution is 2.38. The van der Waals surface area contributed by atoms with Crippen LogP contribution in [-0.2, 0) is 12.8 Å². The SMILES string of the molecule is CCc1ccc(-c2cccc(-c3ccc(CC)s3)[s+]2)s1.[O-][Cl+3]([O-])([O-])[O-]. The molecule has 3 heterocycles. The molecule has 0 spiro atoms. The van der Waals surface area contributed by atoms with E-state index in [1.54, 1.807) is 0 Å². The maximum Gasteiger partial charge on any atom is 0.248 e. The van der Waals surface area contributed by atoms with Gasteiger partial charge in [-0.15, -0.1) is 32.9 Å². The Morgan fingerprint density at radius 3 is 1.48 bits per heavy atom. The Hall–Kier alpha value is -0.900. The van der Waals surface area contributed by atoms with Crippen molar-refractivity contribution in [2.75, 3.05) is 0 Å². The summed E-state index contributed by atoms with van der Waals surface area (Å²) in [6, 6.07) is 15.6. The van der Waals surface area contributed by atoms with E-state index in [0.717, 1.165) is 12.8 Å². The van der Waals surface area contributed by atoms with E-state index >= 15 is 0 Å². The van der Waals surface area contributed by atoms with Gasteiger partial charge >= 0.3 is 0 Å². The smallest absolute Gasteiger partial charge is 0.222 e. The molecule has 0 bridgehead atoms. The molecule has 0 aliphatic carbocycles. The second-order valence-electron chi connectivity index (χ2n) is 4.97. The molecular weight excluding hydrogens is 400 g/mol. The number of hydrogen-bond acceptors (Lipinski definition) is 6. The molecule has 134 valence electrons. The van der Waals surface area contributed by atoms with Crippen LogP contribution in [-0.4, -0.2) is 0 Å². The van der Waals surface area contributed by atoms with Gasteiger partial charge in [0.25, 0.3) is 0 Å². The normalized spacial score (nSPS) is 11.1. The number of rotatable bonds is 4. The van der Waals surface area contributed by atoms with Crippen LogP contribution in [0.15, 0.2) is 42.5 Å². The quantitative estimate of drug-likeness (QED) is 0.607. The van der Waals surface area contributed by atoms with Crippen molar-refractivity contribution in [3.8, 4) is 19.5 Å². The van der Waals surface area contributed by atoms with Gasteiger partial charge in [-0.1, -0.05) is 19.9 Å². The number of halogens is 1. The van der Waals surface area contributed by atoms with Crippen LogP contribution in [0.25, 0.3) is 19.5 Å². The molecule has 0 aromatic carbocycles. The van der Waals surface area contributed by atoms with E-state index in [-0.39, 0.29) is 0 Å². The molecule has 4 nitrogen and oxygen atoms in total. The fraction of sp³-hybridized carbons (Fsp3) is 0.235. The van der Waals surface area contributed by atoms with Crippen LogP contribution in [0, 0.1) is 10.2 Å². The zero-order valence-electron chi connectivity index (χ0n) is 13.7. The molecule has 0 fully saturated rings. The van der Waals surface area contributed by atoms with Crippen molar-refractivity contribution in [3.05, 3.63) is 52.2 Å². The topological polar surface area (TPSA) is 92.2 Å². The molecule has 0 radical (unpaired) electrons. The standard InChI is InChI=1S/C17H17S3.ClHO4/c1-3-12-8-10-16(18-12)14-6-5-7-15(20-14)17-11-9-13(4-2)19-17;2-1(3,4)5/h5-11H,3-4H2,1-2H3;(H,2,3,4,5)/q+1;/p-1. The molecule has 0 aliphatic rings. The molecule has 0 amide bonds. The lowest BCUT2D eigenvalue weighted by Gasteiger charge is -2.17. The summed E-state index contributed by atoms with van der Waals surface area (Å²) in [5, 5.41) is 0. The van der Waals surface area contributed by atoms with Crippen molar-refractivity contribution in [1.29, 1.82) is 0 Å². The van der Waals surface area contributed by atoms with Gasteiger partial charge in [-0.05, 0) is 37.1 Å². The highest BCUT2D eigenvalue weighted by molar-refractivity contribution is 7.26. The van der Waals surface area contributed by atoms with Crippen molar-refractivity contribution in [2.24, 2.45) is 0 Å². The van der Waals surface area contributed by atoms with Crippen molar-refractivity contribution < 1.29 is 28.9 Å². The van der Waals surface area contributed by atoms with Crippen LogP contribution in [0.3, 0.4) is 0 Å². The van der Waals surface area contributed by atoms with Gasteiger partial charge in [0.2, 0.25) is 21.1 Å². The van der Waals surface area contributed by atoms with E-state index in [1.807, 2.05) is 34.0 Å². The average Bonchev–Trinajstić information content (AvgIpc) is 3.22. The van der Waals surface area contributed by atoms with E-state index in [9.17, 15) is 0 Å². The first-order chi connectivity index (χ1) is 11.8. The maximum absolute atomic E-state index is 8.49. The van der Waals surface area contributed by atoms with Gasteiger partial charge in [-0.25, -0.2) is 18.6 Å². The Labute approximate surface area is 161 Å². The van der Waals surface area contributed by atoms with Gasteiger partial charge in [-0.2, -0.15) is 0 Å². The van der Waals surface area contributed by atoms with Gasteiger partial charge in [0, 0.05) is 21.9 Å². The summed E-state index contributed by atoms with van der Waals surface area (Å²) < 4.78 is 34.0.